The minimum absolute atomic E-state index is 0.311. The molecule has 0 N–H and O–H groups in total. The van der Waals surface area contributed by atoms with Crippen LogP contribution in [0.3, 0.4) is 0 Å². The Morgan fingerprint density at radius 3 is 1.70 bits per heavy atom. The lowest BCUT2D eigenvalue weighted by molar-refractivity contribution is 0.0592. The van der Waals surface area contributed by atoms with Crippen LogP contribution in [0.5, 0.6) is 0 Å². The maximum Gasteiger partial charge on any atom is 0.337 e. The minimum atomic E-state index is -0.318. The van der Waals surface area contributed by atoms with E-state index in [0.717, 1.165) is 64.1 Å². The number of methoxy groups -OCH3 is 2. The van der Waals surface area contributed by atoms with Gasteiger partial charge in [0, 0.05) is 15.6 Å². The van der Waals surface area contributed by atoms with Crippen LogP contribution in [0.15, 0.2) is 97.1 Å². The van der Waals surface area contributed by atoms with Crippen LogP contribution in [0.25, 0.3) is 11.1 Å². The predicted octanol–water partition coefficient (Wildman–Crippen LogP) is 10.0. The van der Waals surface area contributed by atoms with Crippen LogP contribution in [-0.2, 0) is 22.3 Å². The maximum atomic E-state index is 11.7. The smallest absolute Gasteiger partial charge is 0.337 e. The number of hydrogen-bond acceptors (Lipinski definition) is 4. The first-order chi connectivity index (χ1) is 21.4. The number of carbonyl (C=O) groups excluding carboxylic acids is 2. The van der Waals surface area contributed by atoms with Gasteiger partial charge in [0.15, 0.2) is 0 Å². The van der Waals surface area contributed by atoms with E-state index in [1.165, 1.54) is 25.3 Å². The molecule has 226 valence electrons. The number of rotatable bonds is 4. The van der Waals surface area contributed by atoms with Gasteiger partial charge in [0.05, 0.1) is 25.3 Å². The molecule has 44 heavy (non-hydrogen) atoms. The number of hydrogen-bond donors (Lipinski definition) is 0. The topological polar surface area (TPSA) is 52.6 Å². The fraction of sp³-hybridized carbons (Fsp3) is 0.211. The summed E-state index contributed by atoms with van der Waals surface area (Å²) in [6, 6.07) is 27.0. The van der Waals surface area contributed by atoms with Crippen LogP contribution >= 0.6 is 23.2 Å². The molecule has 0 bridgehead atoms. The Morgan fingerprint density at radius 1 is 0.614 bits per heavy atom. The molecular formula is C38H36Cl2O4. The molecule has 0 radical (unpaired) electrons. The van der Waals surface area contributed by atoms with E-state index in [4.69, 9.17) is 32.7 Å². The second-order valence-electron chi connectivity index (χ2n) is 10.0. The molecule has 6 rings (SSSR count). The van der Waals surface area contributed by atoms with Gasteiger partial charge < -0.3 is 9.47 Å². The molecule has 0 spiro atoms. The molecule has 0 unspecified atom stereocenters. The van der Waals surface area contributed by atoms with E-state index < -0.39 is 0 Å². The van der Waals surface area contributed by atoms with E-state index in [0.29, 0.717) is 16.1 Å². The van der Waals surface area contributed by atoms with E-state index >= 15 is 0 Å². The first-order valence-corrected chi connectivity index (χ1v) is 15.5. The van der Waals surface area contributed by atoms with Gasteiger partial charge in [-0.25, -0.2) is 9.59 Å². The first kappa shape index (κ1) is 32.8. The molecular weight excluding hydrogens is 591 g/mol. The van der Waals surface area contributed by atoms with Gasteiger partial charge in [-0.05, 0) is 107 Å². The molecule has 0 aromatic heterocycles. The van der Waals surface area contributed by atoms with Crippen molar-refractivity contribution < 1.29 is 19.1 Å². The molecule has 0 atom stereocenters. The summed E-state index contributed by atoms with van der Waals surface area (Å²) < 4.78 is 9.62. The Balaban J connectivity index is 0.000000190. The Kier molecular flexibility index (Phi) is 11.6. The summed E-state index contributed by atoms with van der Waals surface area (Å²) in [5.41, 5.74) is 10.1. The zero-order chi connectivity index (χ0) is 31.6. The van der Waals surface area contributed by atoms with Gasteiger partial charge in [-0.1, -0.05) is 91.7 Å². The SMILES string of the molecule is CC.COC(=O)c1ccc2c(c1)C(c1cccc(Cl)c1)=CCC2.COC(=O)c1ccc2c(c1)C(c1ccccc1Cl)=CCC2. The Labute approximate surface area is 269 Å². The number of aryl methyl sites for hydroxylation is 2. The normalized spacial score (nSPS) is 12.9. The van der Waals surface area contributed by atoms with E-state index in [-0.39, 0.29) is 11.9 Å². The van der Waals surface area contributed by atoms with Crippen molar-refractivity contribution in [2.75, 3.05) is 14.2 Å². The molecule has 4 aromatic rings. The number of benzene rings is 4. The number of carbonyl (C=O) groups is 2. The van der Waals surface area contributed by atoms with Gasteiger partial charge in [0.2, 0.25) is 0 Å². The van der Waals surface area contributed by atoms with E-state index in [1.54, 1.807) is 0 Å². The van der Waals surface area contributed by atoms with Crippen molar-refractivity contribution in [3.05, 3.63) is 152 Å². The van der Waals surface area contributed by atoms with Crippen molar-refractivity contribution in [1.82, 2.24) is 0 Å². The third kappa shape index (κ3) is 7.50. The molecule has 0 amide bonds. The Morgan fingerprint density at radius 2 is 1.16 bits per heavy atom. The first-order valence-electron chi connectivity index (χ1n) is 14.7. The summed E-state index contributed by atoms with van der Waals surface area (Å²) >= 11 is 12.4. The highest BCUT2D eigenvalue weighted by molar-refractivity contribution is 6.32. The zero-order valence-electron chi connectivity index (χ0n) is 25.5. The molecule has 2 aliphatic carbocycles. The lowest BCUT2D eigenvalue weighted by Crippen LogP contribution is -2.06. The molecule has 0 aliphatic heterocycles. The monoisotopic (exact) mass is 626 g/mol. The zero-order valence-corrected chi connectivity index (χ0v) is 27.0. The summed E-state index contributed by atoms with van der Waals surface area (Å²) in [6.07, 6.45) is 8.32. The standard InChI is InChI=1S/2C18H15ClO2.C2H6/c1-21-18(20)14-9-8-12-4-3-7-16(17(12)11-14)13-5-2-6-15(19)10-13;1-21-18(20)13-10-9-12-5-4-7-14(16(12)11-13)15-6-2-3-8-17(15)19;1-2/h2,5-11H,3-4H2,1H3;2-3,6-11H,4-5H2,1H3;1-2H3. The van der Waals surface area contributed by atoms with Crippen LogP contribution in [0, 0.1) is 0 Å². The second kappa shape index (κ2) is 15.6. The van der Waals surface area contributed by atoms with Crippen molar-refractivity contribution in [3.63, 3.8) is 0 Å². The van der Waals surface area contributed by atoms with Gasteiger partial charge in [-0.15, -0.1) is 0 Å². The molecule has 0 saturated heterocycles. The summed E-state index contributed by atoms with van der Waals surface area (Å²) in [5, 5.41) is 1.43. The predicted molar refractivity (Wildman–Crippen MR) is 181 cm³/mol. The number of halogens is 2. The summed E-state index contributed by atoms with van der Waals surface area (Å²) in [6.45, 7) is 4.00. The van der Waals surface area contributed by atoms with Crippen LogP contribution in [-0.4, -0.2) is 26.2 Å². The fourth-order valence-electron chi connectivity index (χ4n) is 5.41. The summed E-state index contributed by atoms with van der Waals surface area (Å²) in [5.74, 6) is -0.629. The number of fused-ring (bicyclic) bond motifs is 2. The third-order valence-corrected chi connectivity index (χ3v) is 8.03. The van der Waals surface area contributed by atoms with Crippen molar-refractivity contribution in [1.29, 1.82) is 0 Å². The molecule has 4 nitrogen and oxygen atoms in total. The number of esters is 2. The van der Waals surface area contributed by atoms with Crippen molar-refractivity contribution in [3.8, 4) is 0 Å². The second-order valence-corrected chi connectivity index (χ2v) is 10.9. The minimum Gasteiger partial charge on any atom is -0.465 e. The van der Waals surface area contributed by atoms with Gasteiger partial charge in [-0.2, -0.15) is 0 Å². The molecule has 6 heteroatoms. The lowest BCUT2D eigenvalue weighted by Gasteiger charge is -2.19. The maximum absolute atomic E-state index is 11.7. The fourth-order valence-corrected chi connectivity index (χ4v) is 5.84. The van der Waals surface area contributed by atoms with E-state index in [9.17, 15) is 9.59 Å². The van der Waals surface area contributed by atoms with Crippen molar-refractivity contribution >= 4 is 46.3 Å². The Bertz CT molecular complexity index is 1720. The van der Waals surface area contributed by atoms with E-state index in [1.807, 2.05) is 98.8 Å². The van der Waals surface area contributed by atoms with Crippen LogP contribution in [0.4, 0.5) is 0 Å². The van der Waals surface area contributed by atoms with Gasteiger partial charge >= 0.3 is 11.9 Å². The van der Waals surface area contributed by atoms with Crippen LogP contribution in [0.1, 0.15) is 80.8 Å². The van der Waals surface area contributed by atoms with Crippen molar-refractivity contribution in [2.45, 2.75) is 39.5 Å². The summed E-state index contributed by atoms with van der Waals surface area (Å²) in [4.78, 5) is 23.5. The average Bonchev–Trinajstić information content (AvgIpc) is 3.08. The molecule has 0 fully saturated rings. The largest absolute Gasteiger partial charge is 0.465 e. The highest BCUT2D eigenvalue weighted by Crippen LogP contribution is 2.36. The lowest BCUT2D eigenvalue weighted by atomic mass is 9.86. The molecule has 4 aromatic carbocycles. The summed E-state index contributed by atoms with van der Waals surface area (Å²) in [7, 11) is 2.79. The molecule has 0 saturated carbocycles. The van der Waals surface area contributed by atoms with Gasteiger partial charge in [-0.3, -0.25) is 0 Å². The van der Waals surface area contributed by atoms with Crippen LogP contribution in [0.2, 0.25) is 10.0 Å². The molecule has 2 aliphatic rings. The number of allylic oxidation sites excluding steroid dienone is 2. The van der Waals surface area contributed by atoms with E-state index in [2.05, 4.69) is 12.2 Å². The molecule has 0 heterocycles. The van der Waals surface area contributed by atoms with Gasteiger partial charge in [0.1, 0.15) is 0 Å². The highest BCUT2D eigenvalue weighted by Gasteiger charge is 2.19. The number of ether oxygens (including phenoxy) is 2. The van der Waals surface area contributed by atoms with Gasteiger partial charge in [0.25, 0.3) is 0 Å². The Hall–Kier alpha value is -4.12. The highest BCUT2D eigenvalue weighted by atomic mass is 35.5. The third-order valence-electron chi connectivity index (χ3n) is 7.47. The van der Waals surface area contributed by atoms with Crippen molar-refractivity contribution in [2.24, 2.45) is 0 Å². The van der Waals surface area contributed by atoms with Crippen LogP contribution < -0.4 is 0 Å². The quantitative estimate of drug-likeness (QED) is 0.211. The average molecular weight is 628 g/mol.